The first-order chi connectivity index (χ1) is 18.1. The second-order valence-corrected chi connectivity index (χ2v) is 9.41. The van der Waals surface area contributed by atoms with Gasteiger partial charge in [-0.1, -0.05) is 12.1 Å². The molecular formula is C26H32O12. The van der Waals surface area contributed by atoms with E-state index in [1.165, 1.54) is 26.4 Å². The summed E-state index contributed by atoms with van der Waals surface area (Å²) in [6.45, 7) is -0.596. The number of rotatable bonds is 9. The van der Waals surface area contributed by atoms with Crippen LogP contribution in [0.4, 0.5) is 0 Å². The Labute approximate surface area is 218 Å². The summed E-state index contributed by atoms with van der Waals surface area (Å²) in [5.74, 6) is -0.780. The van der Waals surface area contributed by atoms with Gasteiger partial charge < -0.3 is 54.3 Å². The molecule has 2 saturated heterocycles. The summed E-state index contributed by atoms with van der Waals surface area (Å²) in [4.78, 5) is 12.6. The number of hydrogen-bond acceptors (Lipinski definition) is 12. The number of cyclic esters (lactones) is 1. The number of phenols is 1. The van der Waals surface area contributed by atoms with Gasteiger partial charge >= 0.3 is 5.97 Å². The van der Waals surface area contributed by atoms with Gasteiger partial charge in [-0.15, -0.1) is 0 Å². The number of ether oxygens (including phenoxy) is 5. The zero-order valence-electron chi connectivity index (χ0n) is 20.9. The van der Waals surface area contributed by atoms with Crippen molar-refractivity contribution in [3.63, 3.8) is 0 Å². The molecule has 4 rings (SSSR count). The molecule has 7 atom stereocenters. The summed E-state index contributed by atoms with van der Waals surface area (Å²) in [6, 6.07) is 9.40. The Hall–Kier alpha value is -3.13. The summed E-state index contributed by atoms with van der Waals surface area (Å²) in [5, 5.41) is 60.9. The number of aromatic hydroxyl groups is 1. The number of methoxy groups -OCH3 is 2. The van der Waals surface area contributed by atoms with Crippen molar-refractivity contribution in [2.45, 2.75) is 49.1 Å². The number of carbonyl (C=O) groups is 1. The van der Waals surface area contributed by atoms with Gasteiger partial charge in [0.25, 0.3) is 0 Å². The van der Waals surface area contributed by atoms with Crippen LogP contribution in [0.25, 0.3) is 0 Å². The molecule has 208 valence electrons. The molecule has 0 aliphatic carbocycles. The molecule has 0 radical (unpaired) electrons. The summed E-state index contributed by atoms with van der Waals surface area (Å²) >= 11 is 0. The lowest BCUT2D eigenvalue weighted by molar-refractivity contribution is -0.277. The molecule has 0 saturated carbocycles. The second-order valence-electron chi connectivity index (χ2n) is 9.41. The number of benzene rings is 2. The third-order valence-electron chi connectivity index (χ3n) is 6.96. The van der Waals surface area contributed by atoms with Crippen molar-refractivity contribution >= 4 is 5.97 Å². The van der Waals surface area contributed by atoms with Gasteiger partial charge in [0, 0.05) is 12.3 Å². The lowest BCUT2D eigenvalue weighted by atomic mass is 9.81. The summed E-state index contributed by atoms with van der Waals surface area (Å²) in [7, 11) is 2.80. The molecule has 0 aromatic heterocycles. The number of esters is 1. The number of hydrogen-bond donors (Lipinski definition) is 6. The zero-order valence-corrected chi connectivity index (χ0v) is 20.9. The van der Waals surface area contributed by atoms with E-state index < -0.39 is 54.8 Å². The molecule has 0 unspecified atom stereocenters. The Morgan fingerprint density at radius 1 is 0.947 bits per heavy atom. The molecule has 2 fully saturated rings. The van der Waals surface area contributed by atoms with Crippen LogP contribution in [0.2, 0.25) is 0 Å². The third kappa shape index (κ3) is 5.37. The van der Waals surface area contributed by atoms with Crippen molar-refractivity contribution in [3.8, 4) is 23.0 Å². The quantitative estimate of drug-likeness (QED) is 0.221. The molecule has 12 nitrogen and oxygen atoms in total. The fourth-order valence-electron chi connectivity index (χ4n) is 4.70. The second kappa shape index (κ2) is 11.3. The highest BCUT2D eigenvalue weighted by Gasteiger charge is 2.51. The van der Waals surface area contributed by atoms with Gasteiger partial charge in [0.15, 0.2) is 28.6 Å². The Kier molecular flexibility index (Phi) is 8.31. The Morgan fingerprint density at radius 2 is 1.63 bits per heavy atom. The lowest BCUT2D eigenvalue weighted by Gasteiger charge is -2.39. The Balaban J connectivity index is 1.52. The molecule has 0 amide bonds. The largest absolute Gasteiger partial charge is 0.504 e. The highest BCUT2D eigenvalue weighted by atomic mass is 16.7. The Bertz CT molecular complexity index is 1140. The van der Waals surface area contributed by atoms with Crippen LogP contribution in [0.1, 0.15) is 11.1 Å². The third-order valence-corrected chi connectivity index (χ3v) is 6.96. The monoisotopic (exact) mass is 536 g/mol. The van der Waals surface area contributed by atoms with E-state index in [1.807, 2.05) is 0 Å². The van der Waals surface area contributed by atoms with Gasteiger partial charge in [0.2, 0.25) is 6.29 Å². The smallest absolute Gasteiger partial charge is 0.338 e. The molecular weight excluding hydrogens is 504 g/mol. The predicted octanol–water partition coefficient (Wildman–Crippen LogP) is -0.723. The van der Waals surface area contributed by atoms with Crippen molar-refractivity contribution in [2.75, 3.05) is 27.4 Å². The minimum Gasteiger partial charge on any atom is -0.504 e. The maximum absolute atomic E-state index is 12.6. The number of aliphatic hydroxyl groups excluding tert-OH is 4. The van der Waals surface area contributed by atoms with E-state index in [0.717, 1.165) is 5.56 Å². The fourth-order valence-corrected chi connectivity index (χ4v) is 4.70. The number of phenolic OH excluding ortho intramolecular Hbond substituents is 1. The molecule has 6 N–H and O–H groups in total. The van der Waals surface area contributed by atoms with Gasteiger partial charge in [-0.05, 0) is 41.8 Å². The van der Waals surface area contributed by atoms with E-state index in [4.69, 9.17) is 23.7 Å². The van der Waals surface area contributed by atoms with Gasteiger partial charge in [-0.3, -0.25) is 0 Å². The zero-order chi connectivity index (χ0) is 27.6. The normalized spacial score (nSPS) is 31.1. The van der Waals surface area contributed by atoms with E-state index in [0.29, 0.717) is 5.56 Å². The van der Waals surface area contributed by atoms with Crippen LogP contribution in [0.5, 0.6) is 23.0 Å². The van der Waals surface area contributed by atoms with E-state index >= 15 is 0 Å². The highest BCUT2D eigenvalue weighted by Crippen LogP contribution is 2.38. The maximum atomic E-state index is 12.6. The SMILES string of the molecule is COc1cc(C[C@H]2COC(=O)[C@]2(O)Cc2ccc(O[C@@H]3O[C@H](CO)[C@@H](O)[C@H](O)[C@H]3O)c(OC)c2)ccc1O. The van der Waals surface area contributed by atoms with Crippen LogP contribution in [-0.2, 0) is 27.1 Å². The van der Waals surface area contributed by atoms with Crippen molar-refractivity contribution in [2.24, 2.45) is 5.92 Å². The average Bonchev–Trinajstić information content (AvgIpc) is 3.18. The summed E-state index contributed by atoms with van der Waals surface area (Å²) in [6.07, 6.45) is -7.10. The van der Waals surface area contributed by atoms with Crippen molar-refractivity contribution < 1.29 is 59.1 Å². The van der Waals surface area contributed by atoms with Crippen LogP contribution in [0.3, 0.4) is 0 Å². The minimum atomic E-state index is -1.84. The van der Waals surface area contributed by atoms with Crippen LogP contribution >= 0.6 is 0 Å². The molecule has 2 aromatic carbocycles. The van der Waals surface area contributed by atoms with Crippen molar-refractivity contribution in [1.29, 1.82) is 0 Å². The molecule has 38 heavy (non-hydrogen) atoms. The molecule has 12 heteroatoms. The predicted molar refractivity (Wildman–Crippen MR) is 129 cm³/mol. The van der Waals surface area contributed by atoms with E-state index in [9.17, 15) is 35.4 Å². The van der Waals surface area contributed by atoms with Crippen LogP contribution in [0, 0.1) is 5.92 Å². The molecule has 2 aliphatic heterocycles. The van der Waals surface area contributed by atoms with Crippen molar-refractivity contribution in [3.05, 3.63) is 47.5 Å². The van der Waals surface area contributed by atoms with Gasteiger partial charge in [0.1, 0.15) is 24.4 Å². The minimum absolute atomic E-state index is 0.00790. The number of aliphatic hydroxyl groups is 5. The van der Waals surface area contributed by atoms with Crippen molar-refractivity contribution in [1.82, 2.24) is 0 Å². The maximum Gasteiger partial charge on any atom is 0.338 e. The highest BCUT2D eigenvalue weighted by molar-refractivity contribution is 5.82. The molecule has 0 bridgehead atoms. The first-order valence-electron chi connectivity index (χ1n) is 12.0. The van der Waals surface area contributed by atoms with Crippen LogP contribution < -0.4 is 14.2 Å². The van der Waals surface area contributed by atoms with Crippen LogP contribution in [-0.4, -0.2) is 100 Å². The Morgan fingerprint density at radius 3 is 2.32 bits per heavy atom. The van der Waals surface area contributed by atoms with E-state index in [1.54, 1.807) is 24.3 Å². The molecule has 2 aromatic rings. The van der Waals surface area contributed by atoms with Gasteiger partial charge in [-0.2, -0.15) is 0 Å². The summed E-state index contributed by atoms with van der Waals surface area (Å²) in [5.41, 5.74) is -0.574. The van der Waals surface area contributed by atoms with E-state index in [-0.39, 0.29) is 42.4 Å². The first-order valence-corrected chi connectivity index (χ1v) is 12.0. The van der Waals surface area contributed by atoms with Gasteiger partial charge in [0.05, 0.1) is 27.4 Å². The lowest BCUT2D eigenvalue weighted by Crippen LogP contribution is -2.60. The average molecular weight is 537 g/mol. The standard InChI is InChI=1S/C26H32O12/c1-34-18-8-13(3-5-16(18)28)7-15-12-36-25(32)26(15,33)10-14-4-6-17(19(9-14)35-2)37-24-23(31)22(30)21(29)20(11-27)38-24/h3-6,8-9,15,20-24,27-31,33H,7,10-12H2,1-2H3/t15-,20+,21+,22-,23+,24+,26-/m0/s1. The van der Waals surface area contributed by atoms with Gasteiger partial charge in [-0.25, -0.2) is 4.79 Å². The van der Waals surface area contributed by atoms with Crippen LogP contribution in [0.15, 0.2) is 36.4 Å². The molecule has 0 spiro atoms. The topological polar surface area (TPSA) is 185 Å². The molecule has 2 heterocycles. The summed E-state index contributed by atoms with van der Waals surface area (Å²) < 4.78 is 26.8. The molecule has 2 aliphatic rings. The first kappa shape index (κ1) is 27.9. The van der Waals surface area contributed by atoms with E-state index in [2.05, 4.69) is 0 Å². The number of carbonyl (C=O) groups excluding carboxylic acids is 1. The fraction of sp³-hybridized carbons (Fsp3) is 0.500.